The number of para-hydroxylation sites is 4. The van der Waals surface area contributed by atoms with Crippen LogP contribution in [0.1, 0.15) is 5.56 Å². The quantitative estimate of drug-likeness (QED) is 0.127. The van der Waals surface area contributed by atoms with Gasteiger partial charge in [0.2, 0.25) is 0 Å². The van der Waals surface area contributed by atoms with E-state index in [-0.39, 0.29) is 0 Å². The summed E-state index contributed by atoms with van der Waals surface area (Å²) in [5.74, 6) is 0. The molecule has 0 aliphatic heterocycles. The van der Waals surface area contributed by atoms with Gasteiger partial charge >= 0.3 is 0 Å². The Balaban J connectivity index is 1.01. The summed E-state index contributed by atoms with van der Waals surface area (Å²) in [7, 11) is 0. The number of benzene rings is 16. The van der Waals surface area contributed by atoms with Gasteiger partial charge in [-0.3, -0.25) is 0 Å². The molecule has 0 spiro atoms. The van der Waals surface area contributed by atoms with Crippen LogP contribution in [0.25, 0.3) is 188 Å². The molecule has 5 nitrogen and oxygen atoms in total. The van der Waals surface area contributed by atoms with Crippen LogP contribution in [0.5, 0.6) is 0 Å². The van der Waals surface area contributed by atoms with Gasteiger partial charge in [-0.1, -0.05) is 285 Å². The molecule has 0 unspecified atom stereocenters. The van der Waals surface area contributed by atoms with E-state index in [1.54, 1.807) is 0 Å². The lowest BCUT2D eigenvalue weighted by Crippen LogP contribution is -2.16. The fourth-order valence-corrected chi connectivity index (χ4v) is 16.4. The Morgan fingerprint density at radius 3 is 0.676 bits per heavy atom. The minimum atomic E-state index is 0.508. The van der Waals surface area contributed by atoms with Crippen LogP contribution < -0.4 is 0 Å². The van der Waals surface area contributed by atoms with Gasteiger partial charge in [-0.05, 0) is 157 Å². The van der Waals surface area contributed by atoms with Crippen molar-refractivity contribution < 1.29 is 0 Å². The summed E-state index contributed by atoms with van der Waals surface area (Å²) in [5.41, 5.74) is 27.1. The maximum atomic E-state index is 13.4. The zero-order chi connectivity index (χ0) is 67.4. The molecule has 0 bridgehead atoms. The molecule has 0 amide bonds. The summed E-state index contributed by atoms with van der Waals surface area (Å²) >= 11 is 0. The third-order valence-electron chi connectivity index (χ3n) is 21.0. The van der Waals surface area contributed by atoms with Crippen LogP contribution in [-0.2, 0) is 0 Å². The van der Waals surface area contributed by atoms with Crippen LogP contribution in [0.15, 0.2) is 370 Å². The van der Waals surface area contributed by atoms with Crippen molar-refractivity contribution >= 4 is 87.2 Å². The van der Waals surface area contributed by atoms with Crippen LogP contribution in [0.2, 0.25) is 0 Å². The molecule has 4 aromatic heterocycles. The van der Waals surface area contributed by atoms with Crippen molar-refractivity contribution in [3.05, 3.63) is 376 Å². The van der Waals surface area contributed by atoms with E-state index >= 15 is 0 Å². The Morgan fingerprint density at radius 1 is 0.167 bits per heavy atom. The molecule has 5 heteroatoms. The fraction of sp³-hybridized carbons (Fsp3) is 0. The molecule has 102 heavy (non-hydrogen) atoms. The molecule has 4 heterocycles. The van der Waals surface area contributed by atoms with Gasteiger partial charge < -0.3 is 18.3 Å². The fourth-order valence-electron chi connectivity index (χ4n) is 16.4. The third kappa shape index (κ3) is 9.24. The summed E-state index contributed by atoms with van der Waals surface area (Å²) < 4.78 is 9.87. The van der Waals surface area contributed by atoms with E-state index in [1.807, 2.05) is 0 Å². The zero-order valence-corrected chi connectivity index (χ0v) is 55.5. The van der Waals surface area contributed by atoms with E-state index in [1.165, 1.54) is 0 Å². The zero-order valence-electron chi connectivity index (χ0n) is 55.5. The van der Waals surface area contributed by atoms with E-state index in [4.69, 9.17) is 0 Å². The second kappa shape index (κ2) is 23.7. The molecule has 16 aromatic carbocycles. The monoisotopic (exact) mass is 1300 g/mol. The predicted octanol–water partition coefficient (Wildman–Crippen LogP) is 25.6. The largest absolute Gasteiger partial charge is 0.306 e. The number of hydrogen-bond donors (Lipinski definition) is 0. The first-order chi connectivity index (χ1) is 50.6. The Morgan fingerprint density at radius 2 is 0.382 bits per heavy atom. The highest BCUT2D eigenvalue weighted by molar-refractivity contribution is 6.18. The highest BCUT2D eigenvalue weighted by Gasteiger charge is 2.35. The number of nitriles is 1. The van der Waals surface area contributed by atoms with Crippen molar-refractivity contribution in [2.75, 3.05) is 0 Å². The number of nitrogens with zero attached hydrogens (tertiary/aromatic N) is 5. The summed E-state index contributed by atoms with van der Waals surface area (Å²) in [6, 6.07) is 138. The number of aromatic nitrogens is 4. The summed E-state index contributed by atoms with van der Waals surface area (Å²) in [5, 5.41) is 22.1. The number of rotatable bonds is 11. The Labute approximate surface area is 589 Å². The van der Waals surface area contributed by atoms with E-state index in [0.29, 0.717) is 5.56 Å². The minimum Gasteiger partial charge on any atom is -0.306 e. The molecule has 0 saturated carbocycles. The topological polar surface area (TPSA) is 43.5 Å². The molecular weight excluding hydrogens is 1240 g/mol. The molecule has 0 atom stereocenters. The van der Waals surface area contributed by atoms with Crippen molar-refractivity contribution in [2.45, 2.75) is 0 Å². The summed E-state index contributed by atoms with van der Waals surface area (Å²) in [6.45, 7) is 0. The molecule has 20 rings (SSSR count). The Kier molecular flexibility index (Phi) is 13.6. The second-order valence-electron chi connectivity index (χ2n) is 26.6. The average Bonchev–Trinajstić information content (AvgIpc) is 1.46. The number of hydrogen-bond acceptors (Lipinski definition) is 1. The van der Waals surface area contributed by atoms with Gasteiger partial charge in [0, 0.05) is 48.7 Å². The van der Waals surface area contributed by atoms with Gasteiger partial charge in [0.05, 0.1) is 66.9 Å². The highest BCUT2D eigenvalue weighted by Crippen LogP contribution is 2.53. The van der Waals surface area contributed by atoms with Gasteiger partial charge in [0.25, 0.3) is 0 Å². The number of fused-ring (bicyclic) bond motifs is 12. The van der Waals surface area contributed by atoms with Gasteiger partial charge in [-0.15, -0.1) is 0 Å². The van der Waals surface area contributed by atoms with Gasteiger partial charge in [0.15, 0.2) is 0 Å². The van der Waals surface area contributed by atoms with Crippen molar-refractivity contribution in [3.8, 4) is 107 Å². The smallest absolute Gasteiger partial charge is 0.104 e. The molecule has 0 fully saturated rings. The average molecular weight is 1300 g/mol. The second-order valence-corrected chi connectivity index (χ2v) is 26.6. The minimum absolute atomic E-state index is 0.508. The lowest BCUT2D eigenvalue weighted by Gasteiger charge is -2.29. The van der Waals surface area contributed by atoms with E-state index < -0.39 is 0 Å². The van der Waals surface area contributed by atoms with Crippen LogP contribution >= 0.6 is 0 Å². The molecule has 474 valence electrons. The molecule has 0 aliphatic carbocycles. The predicted molar refractivity (Wildman–Crippen MR) is 427 cm³/mol. The first-order valence-electron chi connectivity index (χ1n) is 34.9. The first-order valence-corrected chi connectivity index (χ1v) is 34.9. The Bertz CT molecular complexity index is 6300. The molecule has 0 radical (unpaired) electrons. The summed E-state index contributed by atoms with van der Waals surface area (Å²) in [6.07, 6.45) is 0. The van der Waals surface area contributed by atoms with Crippen molar-refractivity contribution in [1.82, 2.24) is 18.3 Å². The lowest BCUT2D eigenvalue weighted by atomic mass is 9.93. The maximum absolute atomic E-state index is 13.4. The standard InChI is InChI=1S/C97H61N5/c98-62-84-94(99-85-44-20-16-40-76(85)77-41-17-21-45-86(77)99)96(101-89-52-48-72(65-30-10-3-11-31-65)58-80(89)82-60-74(50-54-91(82)101)70-38-24-36-68(56-70)63-26-6-1-7-27-63)93(67-34-14-5-15-35-67)97(95(84)100-87-46-22-18-42-78(87)79-43-19-23-47-88(79)100)102-90-53-49-73(66-32-12-4-13-33-66)59-81(90)83-61-75(51-55-92(83)102)71-39-25-37-69(57-71)64-28-8-2-9-29-64/h1-61H. The van der Waals surface area contributed by atoms with Gasteiger partial charge in [-0.25, -0.2) is 0 Å². The normalized spacial score (nSPS) is 11.7. The third-order valence-corrected chi connectivity index (χ3v) is 21.0. The van der Waals surface area contributed by atoms with Crippen LogP contribution in [0.4, 0.5) is 0 Å². The van der Waals surface area contributed by atoms with E-state index in [2.05, 4.69) is 394 Å². The van der Waals surface area contributed by atoms with Crippen molar-refractivity contribution in [2.24, 2.45) is 0 Å². The van der Waals surface area contributed by atoms with Crippen LogP contribution in [0, 0.1) is 11.3 Å². The Hall–Kier alpha value is -13.8. The van der Waals surface area contributed by atoms with E-state index in [0.717, 1.165) is 188 Å². The van der Waals surface area contributed by atoms with Crippen molar-refractivity contribution in [3.63, 3.8) is 0 Å². The SMILES string of the molecule is N#Cc1c(-n2c3ccccc3c3ccccc32)c(-n2c3ccc(-c4ccccc4)cc3c3cc(-c4cccc(-c5ccccc5)c4)ccc32)c(-c2ccccc2)c(-n2c3ccc(-c4ccccc4)cc3c3cc(-c4cccc(-c5ccccc5)c4)ccc32)c1-n1c2ccccc2c2ccccc21. The van der Waals surface area contributed by atoms with Crippen LogP contribution in [-0.4, -0.2) is 18.3 Å². The van der Waals surface area contributed by atoms with Crippen LogP contribution in [0.3, 0.4) is 0 Å². The molecular formula is C97H61N5. The molecule has 0 aliphatic rings. The highest BCUT2D eigenvalue weighted by atomic mass is 15.1. The van der Waals surface area contributed by atoms with E-state index in [9.17, 15) is 5.26 Å². The first kappa shape index (κ1) is 58.4. The lowest BCUT2D eigenvalue weighted by molar-refractivity contribution is 1.04. The molecule has 0 N–H and O–H groups in total. The molecule has 20 aromatic rings. The van der Waals surface area contributed by atoms with Gasteiger partial charge in [0.1, 0.15) is 11.6 Å². The van der Waals surface area contributed by atoms with Gasteiger partial charge in [-0.2, -0.15) is 5.26 Å². The van der Waals surface area contributed by atoms with Crippen molar-refractivity contribution in [1.29, 1.82) is 5.26 Å². The molecule has 0 saturated heterocycles. The maximum Gasteiger partial charge on any atom is 0.104 e. The summed E-state index contributed by atoms with van der Waals surface area (Å²) in [4.78, 5) is 0.